The van der Waals surface area contributed by atoms with E-state index in [4.69, 9.17) is 0 Å². The van der Waals surface area contributed by atoms with Crippen LogP contribution in [-0.4, -0.2) is 0 Å². The van der Waals surface area contributed by atoms with Gasteiger partial charge in [-0.05, 0) is 85.6 Å². The molecule has 0 aliphatic carbocycles. The van der Waals surface area contributed by atoms with Crippen molar-refractivity contribution in [3.63, 3.8) is 0 Å². The standard InChI is InChI=1S/C20H17F2N/c1-14-3-8-20(13-15(14)2)23(18-9-4-16(21)5-10-18)19-11-6-17(22)7-12-19/h3-13H,1-2H3. The lowest BCUT2D eigenvalue weighted by atomic mass is 10.1. The smallest absolute Gasteiger partial charge is 0.123 e. The highest BCUT2D eigenvalue weighted by molar-refractivity contribution is 5.76. The molecule has 0 aromatic heterocycles. The summed E-state index contributed by atoms with van der Waals surface area (Å²) in [6, 6.07) is 18.7. The first-order chi connectivity index (χ1) is 11.0. The van der Waals surface area contributed by atoms with Gasteiger partial charge in [-0.3, -0.25) is 0 Å². The van der Waals surface area contributed by atoms with Gasteiger partial charge in [-0.2, -0.15) is 0 Å². The molecule has 3 rings (SSSR count). The Labute approximate surface area is 134 Å². The van der Waals surface area contributed by atoms with E-state index in [1.165, 1.54) is 29.8 Å². The minimum atomic E-state index is -0.284. The number of benzene rings is 3. The van der Waals surface area contributed by atoms with Gasteiger partial charge in [0.05, 0.1) is 0 Å². The van der Waals surface area contributed by atoms with Crippen molar-refractivity contribution in [2.45, 2.75) is 13.8 Å². The van der Waals surface area contributed by atoms with Crippen molar-refractivity contribution in [3.05, 3.63) is 89.5 Å². The molecular formula is C20H17F2N. The van der Waals surface area contributed by atoms with Gasteiger partial charge in [-0.25, -0.2) is 8.78 Å². The van der Waals surface area contributed by atoms with E-state index in [1.54, 1.807) is 24.3 Å². The molecule has 0 saturated heterocycles. The molecule has 0 unspecified atom stereocenters. The zero-order valence-corrected chi connectivity index (χ0v) is 13.1. The molecule has 0 aliphatic heterocycles. The summed E-state index contributed by atoms with van der Waals surface area (Å²) >= 11 is 0. The quantitative estimate of drug-likeness (QED) is 0.569. The minimum Gasteiger partial charge on any atom is -0.310 e. The Morgan fingerprint density at radius 3 is 1.43 bits per heavy atom. The van der Waals surface area contributed by atoms with Gasteiger partial charge in [0.15, 0.2) is 0 Å². The van der Waals surface area contributed by atoms with Gasteiger partial charge < -0.3 is 4.90 Å². The monoisotopic (exact) mass is 309 g/mol. The maximum atomic E-state index is 13.3. The number of hydrogen-bond donors (Lipinski definition) is 0. The van der Waals surface area contributed by atoms with Crippen LogP contribution in [0.1, 0.15) is 11.1 Å². The molecule has 23 heavy (non-hydrogen) atoms. The van der Waals surface area contributed by atoms with E-state index in [-0.39, 0.29) is 11.6 Å². The largest absolute Gasteiger partial charge is 0.310 e. The predicted octanol–water partition coefficient (Wildman–Crippen LogP) is 6.05. The number of rotatable bonds is 3. The Balaban J connectivity index is 2.14. The van der Waals surface area contributed by atoms with E-state index in [9.17, 15) is 8.78 Å². The fraction of sp³-hybridized carbons (Fsp3) is 0.100. The normalized spacial score (nSPS) is 10.6. The molecule has 0 saturated carbocycles. The lowest BCUT2D eigenvalue weighted by molar-refractivity contribution is 0.628. The van der Waals surface area contributed by atoms with Crippen molar-refractivity contribution in [3.8, 4) is 0 Å². The van der Waals surface area contributed by atoms with Crippen LogP contribution in [0.3, 0.4) is 0 Å². The van der Waals surface area contributed by atoms with Crippen molar-refractivity contribution in [2.24, 2.45) is 0 Å². The SMILES string of the molecule is Cc1ccc(N(c2ccc(F)cc2)c2ccc(F)cc2)cc1C. The number of hydrogen-bond acceptors (Lipinski definition) is 1. The first kappa shape index (κ1) is 15.2. The number of anilines is 3. The predicted molar refractivity (Wildman–Crippen MR) is 90.5 cm³/mol. The average Bonchev–Trinajstić information content (AvgIpc) is 2.55. The summed E-state index contributed by atoms with van der Waals surface area (Å²) in [6.45, 7) is 4.10. The lowest BCUT2D eigenvalue weighted by Gasteiger charge is -2.26. The lowest BCUT2D eigenvalue weighted by Crippen LogP contribution is -2.10. The van der Waals surface area contributed by atoms with Crippen molar-refractivity contribution in [1.29, 1.82) is 0 Å². The summed E-state index contributed by atoms with van der Waals surface area (Å²) in [5.41, 5.74) is 4.96. The molecule has 0 atom stereocenters. The highest BCUT2D eigenvalue weighted by Crippen LogP contribution is 2.35. The molecule has 0 N–H and O–H groups in total. The van der Waals surface area contributed by atoms with E-state index in [0.717, 1.165) is 22.6 Å². The van der Waals surface area contributed by atoms with E-state index in [1.807, 2.05) is 24.0 Å². The molecular weight excluding hydrogens is 292 g/mol. The molecule has 0 amide bonds. The van der Waals surface area contributed by atoms with Crippen molar-refractivity contribution < 1.29 is 8.78 Å². The van der Waals surface area contributed by atoms with E-state index in [0.29, 0.717) is 0 Å². The number of aryl methyl sites for hydroxylation is 2. The van der Waals surface area contributed by atoms with Crippen LogP contribution in [0.15, 0.2) is 66.7 Å². The maximum Gasteiger partial charge on any atom is 0.123 e. The Kier molecular flexibility index (Phi) is 4.11. The van der Waals surface area contributed by atoms with Gasteiger partial charge in [0.1, 0.15) is 11.6 Å². The van der Waals surface area contributed by atoms with Crippen molar-refractivity contribution in [2.75, 3.05) is 4.90 Å². The third-order valence-electron chi connectivity index (χ3n) is 3.92. The Hall–Kier alpha value is -2.68. The van der Waals surface area contributed by atoms with Gasteiger partial charge in [-0.1, -0.05) is 6.07 Å². The summed E-state index contributed by atoms with van der Waals surface area (Å²) in [6.07, 6.45) is 0. The van der Waals surface area contributed by atoms with E-state index < -0.39 is 0 Å². The van der Waals surface area contributed by atoms with Crippen LogP contribution in [0.2, 0.25) is 0 Å². The van der Waals surface area contributed by atoms with Crippen LogP contribution in [0, 0.1) is 25.5 Å². The fourth-order valence-electron chi connectivity index (χ4n) is 2.49. The summed E-state index contributed by atoms with van der Waals surface area (Å²) in [5, 5.41) is 0. The average molecular weight is 309 g/mol. The van der Waals surface area contributed by atoms with Crippen LogP contribution in [-0.2, 0) is 0 Å². The second-order valence-corrected chi connectivity index (χ2v) is 5.56. The van der Waals surface area contributed by atoms with Crippen molar-refractivity contribution in [1.82, 2.24) is 0 Å². The molecule has 0 spiro atoms. The fourth-order valence-corrected chi connectivity index (χ4v) is 2.49. The Morgan fingerprint density at radius 1 is 0.565 bits per heavy atom. The summed E-state index contributed by atoms with van der Waals surface area (Å²) in [4.78, 5) is 1.98. The molecule has 116 valence electrons. The highest BCUT2D eigenvalue weighted by atomic mass is 19.1. The maximum absolute atomic E-state index is 13.3. The topological polar surface area (TPSA) is 3.24 Å². The van der Waals surface area contributed by atoms with E-state index >= 15 is 0 Å². The van der Waals surface area contributed by atoms with Gasteiger partial charge in [0.25, 0.3) is 0 Å². The summed E-state index contributed by atoms with van der Waals surface area (Å²) in [5.74, 6) is -0.569. The van der Waals surface area contributed by atoms with Gasteiger partial charge in [-0.15, -0.1) is 0 Å². The second kappa shape index (κ2) is 6.21. The second-order valence-electron chi connectivity index (χ2n) is 5.56. The Bertz CT molecular complexity index is 763. The first-order valence-corrected chi connectivity index (χ1v) is 7.43. The molecule has 0 fully saturated rings. The third kappa shape index (κ3) is 3.24. The van der Waals surface area contributed by atoms with Gasteiger partial charge in [0, 0.05) is 17.1 Å². The zero-order chi connectivity index (χ0) is 16.4. The molecule has 0 bridgehead atoms. The van der Waals surface area contributed by atoms with Gasteiger partial charge >= 0.3 is 0 Å². The summed E-state index contributed by atoms with van der Waals surface area (Å²) < 4.78 is 26.5. The molecule has 3 heteroatoms. The zero-order valence-electron chi connectivity index (χ0n) is 13.1. The van der Waals surface area contributed by atoms with Crippen LogP contribution in [0.5, 0.6) is 0 Å². The minimum absolute atomic E-state index is 0.284. The molecule has 3 aromatic rings. The van der Waals surface area contributed by atoms with E-state index in [2.05, 4.69) is 13.0 Å². The molecule has 0 aliphatic rings. The molecule has 0 heterocycles. The molecule has 3 aromatic carbocycles. The highest BCUT2D eigenvalue weighted by Gasteiger charge is 2.13. The Morgan fingerprint density at radius 2 is 1.00 bits per heavy atom. The van der Waals surface area contributed by atoms with Crippen molar-refractivity contribution >= 4 is 17.1 Å². The van der Waals surface area contributed by atoms with Crippen LogP contribution >= 0.6 is 0 Å². The van der Waals surface area contributed by atoms with Gasteiger partial charge in [0.2, 0.25) is 0 Å². The van der Waals surface area contributed by atoms with Crippen LogP contribution in [0.4, 0.5) is 25.8 Å². The van der Waals surface area contributed by atoms with Crippen LogP contribution < -0.4 is 4.90 Å². The molecule has 1 nitrogen and oxygen atoms in total. The van der Waals surface area contributed by atoms with Crippen LogP contribution in [0.25, 0.3) is 0 Å². The molecule has 0 radical (unpaired) electrons. The first-order valence-electron chi connectivity index (χ1n) is 7.43. The number of halogens is 2. The number of nitrogens with zero attached hydrogens (tertiary/aromatic N) is 1. The summed E-state index contributed by atoms with van der Waals surface area (Å²) in [7, 11) is 0. The third-order valence-corrected chi connectivity index (χ3v) is 3.92.